The molecule has 0 fully saturated rings. The highest BCUT2D eigenvalue weighted by Crippen LogP contribution is 2.18. The number of nitrogens with one attached hydrogen (secondary N) is 1. The van der Waals surface area contributed by atoms with Crippen molar-refractivity contribution in [3.05, 3.63) is 65.4 Å². The van der Waals surface area contributed by atoms with Gasteiger partial charge in [-0.05, 0) is 30.3 Å². The van der Waals surface area contributed by atoms with Crippen molar-refractivity contribution in [3.8, 4) is 5.75 Å². The average Bonchev–Trinajstić information content (AvgIpc) is 2.53. The number of para-hydroxylation sites is 1. The van der Waals surface area contributed by atoms with E-state index in [0.717, 1.165) is 5.69 Å². The first-order valence-corrected chi connectivity index (χ1v) is 7.28. The molecule has 0 aliphatic heterocycles. The van der Waals surface area contributed by atoms with Crippen LogP contribution in [0, 0.1) is 0 Å². The van der Waals surface area contributed by atoms with Crippen LogP contribution < -0.4 is 15.8 Å². The molecule has 0 bridgehead atoms. The Morgan fingerprint density at radius 2 is 1.83 bits per heavy atom. The van der Waals surface area contributed by atoms with Crippen LogP contribution in [0.15, 0.2) is 54.6 Å². The number of hydrogen-bond donors (Lipinski definition) is 2. The first-order chi connectivity index (χ1) is 11.2. The summed E-state index contributed by atoms with van der Waals surface area (Å²) in [7, 11) is 0. The maximum atomic E-state index is 5.92. The zero-order valence-corrected chi connectivity index (χ0v) is 12.9. The van der Waals surface area contributed by atoms with Crippen molar-refractivity contribution in [2.75, 3.05) is 11.1 Å². The van der Waals surface area contributed by atoms with Crippen LogP contribution in [0.2, 0.25) is 5.02 Å². The number of nitrogen functional groups attached to an aromatic ring is 1. The zero-order chi connectivity index (χ0) is 16.1. The molecule has 1 heterocycles. The van der Waals surface area contributed by atoms with E-state index in [9.17, 15) is 0 Å². The van der Waals surface area contributed by atoms with Crippen LogP contribution in [0.25, 0.3) is 0 Å². The number of ether oxygens (including phenoxy) is 1. The molecule has 2 aromatic carbocycles. The molecule has 0 amide bonds. The Bertz CT molecular complexity index is 797. The molecule has 0 radical (unpaired) electrons. The van der Waals surface area contributed by atoms with Gasteiger partial charge in [-0.1, -0.05) is 35.9 Å². The van der Waals surface area contributed by atoms with Gasteiger partial charge in [-0.3, -0.25) is 0 Å². The van der Waals surface area contributed by atoms with Crippen LogP contribution in [-0.4, -0.2) is 15.0 Å². The normalized spacial score (nSPS) is 10.3. The number of nitrogens with two attached hydrogens (primary N) is 1. The zero-order valence-electron chi connectivity index (χ0n) is 12.1. The minimum absolute atomic E-state index is 0.128. The molecule has 3 aromatic rings. The smallest absolute Gasteiger partial charge is 0.232 e. The summed E-state index contributed by atoms with van der Waals surface area (Å²) in [5.41, 5.74) is 6.59. The summed E-state index contributed by atoms with van der Waals surface area (Å²) in [6, 6.07) is 16.7. The fourth-order valence-electron chi connectivity index (χ4n) is 1.91. The minimum atomic E-state index is 0.128. The second-order valence-corrected chi connectivity index (χ2v) is 5.11. The molecule has 0 aliphatic rings. The van der Waals surface area contributed by atoms with E-state index in [4.69, 9.17) is 22.1 Å². The minimum Gasteiger partial charge on any atom is -0.486 e. The molecule has 0 aliphatic carbocycles. The first-order valence-electron chi connectivity index (χ1n) is 6.90. The van der Waals surface area contributed by atoms with Gasteiger partial charge >= 0.3 is 0 Å². The van der Waals surface area contributed by atoms with Crippen molar-refractivity contribution in [1.82, 2.24) is 15.0 Å². The van der Waals surface area contributed by atoms with Gasteiger partial charge in [0.2, 0.25) is 11.9 Å². The third-order valence-corrected chi connectivity index (χ3v) is 3.13. The summed E-state index contributed by atoms with van der Waals surface area (Å²) in [5.74, 6) is 1.56. The molecule has 0 saturated heterocycles. The number of anilines is 3. The van der Waals surface area contributed by atoms with Crippen molar-refractivity contribution < 1.29 is 4.74 Å². The summed E-state index contributed by atoms with van der Waals surface area (Å²) in [4.78, 5) is 12.4. The molecule has 0 atom stereocenters. The largest absolute Gasteiger partial charge is 0.486 e. The van der Waals surface area contributed by atoms with E-state index in [-0.39, 0.29) is 12.6 Å². The van der Waals surface area contributed by atoms with Crippen molar-refractivity contribution in [2.24, 2.45) is 0 Å². The first kappa shape index (κ1) is 15.1. The highest BCUT2D eigenvalue weighted by atomic mass is 35.5. The Kier molecular flexibility index (Phi) is 4.54. The summed E-state index contributed by atoms with van der Waals surface area (Å²) in [6.07, 6.45) is 0. The topological polar surface area (TPSA) is 86.0 Å². The Labute approximate surface area is 138 Å². The van der Waals surface area contributed by atoms with Crippen molar-refractivity contribution in [3.63, 3.8) is 0 Å². The van der Waals surface area contributed by atoms with Gasteiger partial charge < -0.3 is 15.8 Å². The third kappa shape index (κ3) is 4.31. The van der Waals surface area contributed by atoms with Crippen molar-refractivity contribution in [1.29, 1.82) is 0 Å². The summed E-state index contributed by atoms with van der Waals surface area (Å²) in [5, 5.41) is 3.67. The van der Waals surface area contributed by atoms with E-state index >= 15 is 0 Å². The maximum absolute atomic E-state index is 5.92. The molecule has 7 heteroatoms. The van der Waals surface area contributed by atoms with Crippen LogP contribution in [-0.2, 0) is 6.61 Å². The lowest BCUT2D eigenvalue weighted by atomic mass is 10.3. The Balaban J connectivity index is 1.72. The number of halogens is 1. The highest BCUT2D eigenvalue weighted by molar-refractivity contribution is 6.30. The average molecular weight is 328 g/mol. The number of benzene rings is 2. The predicted octanol–water partition coefficient (Wildman–Crippen LogP) is 3.43. The number of hydrogen-bond acceptors (Lipinski definition) is 6. The summed E-state index contributed by atoms with van der Waals surface area (Å²) in [6.45, 7) is 0.163. The van der Waals surface area contributed by atoms with E-state index in [1.807, 2.05) is 36.4 Å². The quantitative estimate of drug-likeness (QED) is 0.746. The standard InChI is InChI=1S/C16H14ClN5O/c17-11-5-4-8-13(9-11)23-10-14-20-15(18)22-16(21-14)19-12-6-2-1-3-7-12/h1-9H,10H2,(H3,18,19,20,21,22). The lowest BCUT2D eigenvalue weighted by Gasteiger charge is -2.08. The molecular weight excluding hydrogens is 314 g/mol. The van der Waals surface area contributed by atoms with E-state index in [1.54, 1.807) is 18.2 Å². The molecule has 23 heavy (non-hydrogen) atoms. The lowest BCUT2D eigenvalue weighted by molar-refractivity contribution is 0.296. The molecule has 6 nitrogen and oxygen atoms in total. The SMILES string of the molecule is Nc1nc(COc2cccc(Cl)c2)nc(Nc2ccccc2)n1. The van der Waals surface area contributed by atoms with Crippen LogP contribution in [0.3, 0.4) is 0 Å². The van der Waals surface area contributed by atoms with Gasteiger partial charge in [-0.25, -0.2) is 0 Å². The number of aromatic nitrogens is 3. The molecule has 0 saturated carbocycles. The van der Waals surface area contributed by atoms with Crippen molar-refractivity contribution in [2.45, 2.75) is 6.61 Å². The Morgan fingerprint density at radius 3 is 2.61 bits per heavy atom. The van der Waals surface area contributed by atoms with Crippen molar-refractivity contribution >= 4 is 29.2 Å². The number of rotatable bonds is 5. The second-order valence-electron chi connectivity index (χ2n) is 4.67. The van der Waals surface area contributed by atoms with Gasteiger partial charge in [0.1, 0.15) is 12.4 Å². The molecule has 116 valence electrons. The fraction of sp³-hybridized carbons (Fsp3) is 0.0625. The van der Waals surface area contributed by atoms with E-state index in [0.29, 0.717) is 22.5 Å². The molecule has 0 spiro atoms. The van der Waals surface area contributed by atoms with Gasteiger partial charge in [-0.15, -0.1) is 0 Å². The second kappa shape index (κ2) is 6.93. The van der Waals surface area contributed by atoms with E-state index in [1.165, 1.54) is 0 Å². The van der Waals surface area contributed by atoms with Gasteiger partial charge in [0.15, 0.2) is 5.82 Å². The van der Waals surface area contributed by atoms with Crippen LogP contribution >= 0.6 is 11.6 Å². The molecule has 1 aromatic heterocycles. The predicted molar refractivity (Wildman–Crippen MR) is 89.7 cm³/mol. The van der Waals surface area contributed by atoms with E-state index in [2.05, 4.69) is 20.3 Å². The van der Waals surface area contributed by atoms with Gasteiger partial charge in [0.25, 0.3) is 0 Å². The lowest BCUT2D eigenvalue weighted by Crippen LogP contribution is -2.09. The van der Waals surface area contributed by atoms with Crippen LogP contribution in [0.1, 0.15) is 5.82 Å². The third-order valence-electron chi connectivity index (χ3n) is 2.89. The Hall–Kier alpha value is -2.86. The molecular formula is C16H14ClN5O. The van der Waals surface area contributed by atoms with E-state index < -0.39 is 0 Å². The summed E-state index contributed by atoms with van der Waals surface area (Å²) < 4.78 is 5.61. The van der Waals surface area contributed by atoms with Crippen LogP contribution in [0.5, 0.6) is 5.75 Å². The molecule has 0 unspecified atom stereocenters. The number of nitrogens with zero attached hydrogens (tertiary/aromatic N) is 3. The highest BCUT2D eigenvalue weighted by Gasteiger charge is 2.06. The fourth-order valence-corrected chi connectivity index (χ4v) is 2.09. The maximum Gasteiger partial charge on any atom is 0.232 e. The van der Waals surface area contributed by atoms with Gasteiger partial charge in [0.05, 0.1) is 0 Å². The summed E-state index contributed by atoms with van der Waals surface area (Å²) >= 11 is 5.92. The van der Waals surface area contributed by atoms with Gasteiger partial charge in [0, 0.05) is 10.7 Å². The van der Waals surface area contributed by atoms with Gasteiger partial charge in [-0.2, -0.15) is 15.0 Å². The van der Waals surface area contributed by atoms with Crippen LogP contribution in [0.4, 0.5) is 17.6 Å². The monoisotopic (exact) mass is 327 g/mol. The molecule has 3 rings (SSSR count). The molecule has 3 N–H and O–H groups in total. The Morgan fingerprint density at radius 1 is 1.00 bits per heavy atom.